The van der Waals surface area contributed by atoms with Crippen LogP contribution in [0.3, 0.4) is 0 Å². The fraction of sp³-hybridized carbons (Fsp3) is 0.146. The highest BCUT2D eigenvalue weighted by Crippen LogP contribution is 2.54. The zero-order chi connectivity index (χ0) is 37.7. The molecular weight excluding hydrogens is 707 g/mol. The summed E-state index contributed by atoms with van der Waals surface area (Å²) in [6.45, 7) is 4.22. The van der Waals surface area contributed by atoms with Gasteiger partial charge in [-0.1, -0.05) is 30.5 Å². The van der Waals surface area contributed by atoms with Crippen molar-refractivity contribution in [1.82, 2.24) is 19.9 Å². The van der Waals surface area contributed by atoms with Crippen LogP contribution in [0.4, 0.5) is 20.4 Å². The van der Waals surface area contributed by atoms with Crippen molar-refractivity contribution in [1.29, 1.82) is 0 Å². The predicted molar refractivity (Wildman–Crippen MR) is 210 cm³/mol. The fourth-order valence-electron chi connectivity index (χ4n) is 6.64. The number of nitrogens with two attached hydrogens (primary N) is 1. The van der Waals surface area contributed by atoms with Gasteiger partial charge in [-0.2, -0.15) is 8.78 Å². The van der Waals surface area contributed by atoms with Gasteiger partial charge in [0.25, 0.3) is 0 Å². The number of aromatic nitrogens is 4. The smallest absolute Gasteiger partial charge is 0.220 e. The summed E-state index contributed by atoms with van der Waals surface area (Å²) >= 11 is 1.50. The molecule has 1 atom stereocenters. The van der Waals surface area contributed by atoms with E-state index in [2.05, 4.69) is 26.5 Å². The number of amidine groups is 1. The first kappa shape index (κ1) is 34.7. The molecule has 1 spiro atoms. The average Bonchev–Trinajstić information content (AvgIpc) is 3.57. The summed E-state index contributed by atoms with van der Waals surface area (Å²) < 4.78 is 40.4. The first-order chi connectivity index (χ1) is 26.0. The topological polar surface area (TPSA) is 115 Å². The number of hydrogen-bond acceptors (Lipinski definition) is 11. The number of benzene rings is 2. The van der Waals surface area contributed by atoms with E-state index in [0.29, 0.717) is 50.6 Å². The Morgan fingerprint density at radius 1 is 0.667 bits per heavy atom. The van der Waals surface area contributed by atoms with Crippen LogP contribution in [-0.4, -0.2) is 59.0 Å². The van der Waals surface area contributed by atoms with Crippen LogP contribution in [0.2, 0.25) is 0 Å². The molecule has 0 radical (unpaired) electrons. The summed E-state index contributed by atoms with van der Waals surface area (Å²) in [6.07, 6.45) is 6.30. The van der Waals surface area contributed by atoms with Crippen molar-refractivity contribution >= 4 is 34.1 Å². The molecule has 270 valence electrons. The third-order valence-electron chi connectivity index (χ3n) is 9.43. The summed E-state index contributed by atoms with van der Waals surface area (Å²) in [5.41, 5.74) is 12.0. The largest absolute Gasteiger partial charge is 0.455 e. The zero-order valence-corrected chi connectivity index (χ0v) is 30.7. The maximum atomic E-state index is 14.3. The molecule has 0 saturated heterocycles. The minimum Gasteiger partial charge on any atom is -0.455 e. The van der Waals surface area contributed by atoms with Crippen LogP contribution >= 0.6 is 11.8 Å². The third-order valence-corrected chi connectivity index (χ3v) is 10.4. The molecule has 3 aliphatic rings. The Kier molecular flexibility index (Phi) is 8.73. The molecule has 6 aromatic rings. The molecule has 54 heavy (non-hydrogen) atoms. The number of hydrogen-bond donors (Lipinski definition) is 1. The lowest BCUT2D eigenvalue weighted by Crippen LogP contribution is -2.31. The minimum absolute atomic E-state index is 0.433. The Hall–Kier alpha value is -6.34. The Bertz CT molecular complexity index is 2510. The van der Waals surface area contributed by atoms with E-state index in [1.807, 2.05) is 86.5 Å². The van der Waals surface area contributed by atoms with E-state index in [1.54, 1.807) is 36.7 Å². The Balaban J connectivity index is 0.000000155. The highest BCUT2D eigenvalue weighted by molar-refractivity contribution is 8.14. The van der Waals surface area contributed by atoms with Crippen molar-refractivity contribution in [2.75, 3.05) is 43.7 Å². The minimum atomic E-state index is -0.708. The van der Waals surface area contributed by atoms with E-state index in [4.69, 9.17) is 20.2 Å². The standard InChI is InChI=1S/C21H18FN5OS.C20H16FN3O/c1-27(2)18-9-15-17(10-25-18)28-16-6-5-12(13-4-3-7-24-19(13)22)8-14(16)21(15)11-29-20(23)26-21;1-12-15-9-13(14-5-4-8-22-20(14)21)6-7-17(15)25-18-11-23-19(24(2)3)10-16(12)18/h3-10H,11H2,1-2H3,(H2,23,26);4-11H,1H2,2-3H3. The first-order valence-corrected chi connectivity index (χ1v) is 17.9. The summed E-state index contributed by atoms with van der Waals surface area (Å²) in [5, 5.41) is 0.518. The van der Waals surface area contributed by atoms with Gasteiger partial charge in [0.15, 0.2) is 16.7 Å². The first-order valence-electron chi connectivity index (χ1n) is 16.9. The number of ether oxygens (including phenoxy) is 2. The van der Waals surface area contributed by atoms with Gasteiger partial charge in [-0.05, 0) is 77.4 Å². The van der Waals surface area contributed by atoms with Crippen LogP contribution in [0, 0.1) is 11.9 Å². The van der Waals surface area contributed by atoms with Crippen molar-refractivity contribution in [2.24, 2.45) is 10.7 Å². The molecule has 3 aliphatic heterocycles. The number of fused-ring (bicyclic) bond motifs is 6. The molecule has 0 fully saturated rings. The summed E-state index contributed by atoms with van der Waals surface area (Å²) in [6, 6.07) is 21.9. The molecule has 0 bridgehead atoms. The van der Waals surface area contributed by atoms with Crippen molar-refractivity contribution in [2.45, 2.75) is 5.54 Å². The van der Waals surface area contributed by atoms with Gasteiger partial charge < -0.3 is 25.0 Å². The van der Waals surface area contributed by atoms with Crippen LogP contribution in [0.25, 0.3) is 27.8 Å². The van der Waals surface area contributed by atoms with E-state index in [0.717, 1.165) is 45.0 Å². The zero-order valence-electron chi connectivity index (χ0n) is 29.8. The summed E-state index contributed by atoms with van der Waals surface area (Å²) in [7, 11) is 7.73. The highest BCUT2D eigenvalue weighted by atomic mass is 32.2. The van der Waals surface area contributed by atoms with E-state index in [1.165, 1.54) is 24.2 Å². The van der Waals surface area contributed by atoms with E-state index in [-0.39, 0.29) is 0 Å². The normalized spacial score (nSPS) is 16.0. The van der Waals surface area contributed by atoms with Crippen LogP contribution in [-0.2, 0) is 5.54 Å². The molecule has 9 rings (SSSR count). The van der Waals surface area contributed by atoms with Gasteiger partial charge in [0.2, 0.25) is 11.9 Å². The van der Waals surface area contributed by atoms with Gasteiger partial charge in [0.05, 0.1) is 12.4 Å². The third kappa shape index (κ3) is 6.05. The average molecular weight is 741 g/mol. The van der Waals surface area contributed by atoms with Gasteiger partial charge in [-0.25, -0.2) is 24.9 Å². The molecule has 1 unspecified atom stereocenters. The molecule has 4 aromatic heterocycles. The van der Waals surface area contributed by atoms with Gasteiger partial charge in [-0.3, -0.25) is 0 Å². The molecule has 7 heterocycles. The van der Waals surface area contributed by atoms with Crippen molar-refractivity contribution in [3.8, 4) is 45.3 Å². The van der Waals surface area contributed by atoms with Crippen LogP contribution in [0.1, 0.15) is 22.3 Å². The lowest BCUT2D eigenvalue weighted by atomic mass is 9.81. The molecule has 10 nitrogen and oxygen atoms in total. The van der Waals surface area contributed by atoms with Gasteiger partial charge in [0.1, 0.15) is 28.7 Å². The summed E-state index contributed by atoms with van der Waals surface area (Å²) in [5.74, 6) is 3.93. The maximum absolute atomic E-state index is 14.3. The number of aliphatic imine (C=N–C) groups is 1. The van der Waals surface area contributed by atoms with Crippen molar-refractivity contribution in [3.63, 3.8) is 0 Å². The number of anilines is 2. The Morgan fingerprint density at radius 3 is 1.83 bits per heavy atom. The van der Waals surface area contributed by atoms with Crippen molar-refractivity contribution in [3.05, 3.63) is 138 Å². The van der Waals surface area contributed by atoms with Gasteiger partial charge in [-0.15, -0.1) is 0 Å². The molecule has 0 amide bonds. The number of nitrogens with zero attached hydrogens (tertiary/aromatic N) is 7. The second-order valence-electron chi connectivity index (χ2n) is 13.3. The Morgan fingerprint density at radius 2 is 1.22 bits per heavy atom. The molecule has 0 saturated carbocycles. The number of pyridine rings is 4. The molecule has 2 aromatic carbocycles. The molecular formula is C41H34F2N8O2S. The SMILES string of the molecule is C=C1c2cc(-c3cccnc3F)ccc2Oc2cnc(N(C)C)cc21.CN(C)c1cc2c(cn1)Oc1ccc(-c3cccnc3F)cc1C21CSC(N)=N1. The van der Waals surface area contributed by atoms with Gasteiger partial charge in [0, 0.05) is 79.7 Å². The highest BCUT2D eigenvalue weighted by Gasteiger charge is 2.46. The second-order valence-corrected chi connectivity index (χ2v) is 14.2. The summed E-state index contributed by atoms with van der Waals surface area (Å²) in [4.78, 5) is 25.0. The number of halogens is 2. The molecule has 2 N–H and O–H groups in total. The molecule has 0 aliphatic carbocycles. The molecule has 13 heteroatoms. The van der Waals surface area contributed by atoms with E-state index < -0.39 is 17.4 Å². The lowest BCUT2D eigenvalue weighted by molar-refractivity contribution is 0.414. The monoisotopic (exact) mass is 740 g/mol. The quantitative estimate of drug-likeness (QED) is 0.177. The number of thioether (sulfide) groups is 1. The van der Waals surface area contributed by atoms with Crippen LogP contribution < -0.4 is 25.0 Å². The fourth-order valence-corrected chi connectivity index (χ4v) is 7.60. The van der Waals surface area contributed by atoms with Gasteiger partial charge >= 0.3 is 0 Å². The van der Waals surface area contributed by atoms with E-state index >= 15 is 0 Å². The number of rotatable bonds is 4. The lowest BCUT2D eigenvalue weighted by Gasteiger charge is -2.35. The van der Waals surface area contributed by atoms with Crippen LogP contribution in [0.15, 0.2) is 109 Å². The maximum Gasteiger partial charge on any atom is 0.220 e. The van der Waals surface area contributed by atoms with Crippen molar-refractivity contribution < 1.29 is 18.3 Å². The van der Waals surface area contributed by atoms with E-state index in [9.17, 15) is 8.78 Å². The Labute approximate surface area is 315 Å². The van der Waals surface area contributed by atoms with Crippen LogP contribution in [0.5, 0.6) is 23.0 Å². The second kappa shape index (κ2) is 13.6. The predicted octanol–water partition coefficient (Wildman–Crippen LogP) is 8.28.